The maximum atomic E-state index is 9.54. The molecule has 34 heavy (non-hydrogen) atoms. The molecule has 1 N–H and O–H groups in total. The van der Waals surface area contributed by atoms with Crippen LogP contribution in [0.15, 0.2) is 77.6 Å². The summed E-state index contributed by atoms with van der Waals surface area (Å²) in [6.07, 6.45) is 5.86. The van der Waals surface area contributed by atoms with Crippen LogP contribution in [0.4, 0.5) is 0 Å². The number of hydrogen-bond donors (Lipinski definition) is 1. The molecule has 3 aromatic rings. The van der Waals surface area contributed by atoms with E-state index in [2.05, 4.69) is 43.4 Å². The summed E-state index contributed by atoms with van der Waals surface area (Å²) in [6.45, 7) is 6.21. The summed E-state index contributed by atoms with van der Waals surface area (Å²) in [6, 6.07) is 20.1. The van der Waals surface area contributed by atoms with Gasteiger partial charge in [-0.05, 0) is 66.3 Å². The van der Waals surface area contributed by atoms with Crippen molar-refractivity contribution in [2.45, 2.75) is 39.3 Å². The molecule has 1 aromatic heterocycles. The van der Waals surface area contributed by atoms with E-state index in [0.29, 0.717) is 17.2 Å². The summed E-state index contributed by atoms with van der Waals surface area (Å²) in [7, 11) is 0. The molecule has 0 saturated carbocycles. The van der Waals surface area contributed by atoms with Crippen LogP contribution in [-0.2, 0) is 13.0 Å². The van der Waals surface area contributed by atoms with Gasteiger partial charge in [-0.3, -0.25) is 9.98 Å². The first-order chi connectivity index (χ1) is 16.6. The number of nitrogens with one attached hydrogen (secondary N) is 1. The first-order valence-corrected chi connectivity index (χ1v) is 11.9. The molecule has 0 aliphatic carbocycles. The Bertz CT molecular complexity index is 1300. The Balaban J connectivity index is 1.52. The number of nitriles is 1. The SMILES string of the molecule is CC(C)C[C@H]1N=C(c2ccccc2)C=C1Oc1cc(C#N)ccc1-c1cc2c(cn1)CNCC2. The third-order valence-corrected chi connectivity index (χ3v) is 6.25. The van der Waals surface area contributed by atoms with E-state index < -0.39 is 0 Å². The molecule has 3 heterocycles. The zero-order chi connectivity index (χ0) is 23.5. The number of hydrogen-bond acceptors (Lipinski definition) is 5. The molecule has 5 nitrogen and oxygen atoms in total. The minimum Gasteiger partial charge on any atom is -0.459 e. The monoisotopic (exact) mass is 448 g/mol. The molecular formula is C29H28N4O. The Labute approximate surface area is 200 Å². The molecule has 5 rings (SSSR count). The summed E-state index contributed by atoms with van der Waals surface area (Å²) < 4.78 is 6.56. The Hall–Kier alpha value is -3.75. The molecule has 1 atom stereocenters. The smallest absolute Gasteiger partial charge is 0.137 e. The molecule has 2 aromatic carbocycles. The second-order valence-corrected chi connectivity index (χ2v) is 9.26. The van der Waals surface area contributed by atoms with Crippen molar-refractivity contribution < 1.29 is 4.74 Å². The van der Waals surface area contributed by atoms with Gasteiger partial charge in [0.05, 0.1) is 23.0 Å². The number of pyridine rings is 1. The molecule has 0 fully saturated rings. The van der Waals surface area contributed by atoms with Crippen LogP contribution in [-0.4, -0.2) is 23.3 Å². The zero-order valence-electron chi connectivity index (χ0n) is 19.6. The average Bonchev–Trinajstić information content (AvgIpc) is 3.25. The lowest BCUT2D eigenvalue weighted by atomic mass is 9.99. The lowest BCUT2D eigenvalue weighted by Crippen LogP contribution is -2.23. The lowest BCUT2D eigenvalue weighted by Gasteiger charge is -2.20. The number of ether oxygens (including phenoxy) is 1. The maximum Gasteiger partial charge on any atom is 0.137 e. The van der Waals surface area contributed by atoms with Crippen LogP contribution in [0, 0.1) is 17.2 Å². The number of rotatable bonds is 6. The van der Waals surface area contributed by atoms with E-state index >= 15 is 0 Å². The summed E-state index contributed by atoms with van der Waals surface area (Å²) in [5, 5.41) is 12.9. The van der Waals surface area contributed by atoms with E-state index in [-0.39, 0.29) is 6.04 Å². The van der Waals surface area contributed by atoms with Crippen molar-refractivity contribution >= 4 is 5.71 Å². The normalized spacial score (nSPS) is 17.1. The van der Waals surface area contributed by atoms with E-state index in [1.54, 1.807) is 0 Å². The molecule has 0 radical (unpaired) electrons. The highest BCUT2D eigenvalue weighted by Gasteiger charge is 2.26. The third-order valence-electron chi connectivity index (χ3n) is 6.25. The van der Waals surface area contributed by atoms with Crippen LogP contribution in [0.3, 0.4) is 0 Å². The number of aliphatic imine (C=N–C) groups is 1. The van der Waals surface area contributed by atoms with Crippen LogP contribution in [0.25, 0.3) is 11.3 Å². The fourth-order valence-corrected chi connectivity index (χ4v) is 4.50. The second kappa shape index (κ2) is 9.62. The standard InChI is InChI=1S/C29H28N4O/c1-19(2)12-27-29(15-25(33-27)21-6-4-3-5-7-21)34-28-13-20(16-30)8-9-24(28)26-14-22-10-11-31-17-23(22)18-32-26/h3-9,13-15,18-19,27,31H,10-12,17H2,1-2H3/t27-/m1/s1. The van der Waals surface area contributed by atoms with Gasteiger partial charge in [0, 0.05) is 24.4 Å². The van der Waals surface area contributed by atoms with Crippen molar-refractivity contribution in [3.05, 3.63) is 94.9 Å². The van der Waals surface area contributed by atoms with Crippen molar-refractivity contribution in [1.29, 1.82) is 5.26 Å². The lowest BCUT2D eigenvalue weighted by molar-refractivity contribution is 0.366. The summed E-state index contributed by atoms with van der Waals surface area (Å²) in [4.78, 5) is 9.72. The van der Waals surface area contributed by atoms with Crippen LogP contribution in [0.5, 0.6) is 5.75 Å². The highest BCUT2D eigenvalue weighted by molar-refractivity contribution is 6.10. The Morgan fingerprint density at radius 3 is 2.76 bits per heavy atom. The van der Waals surface area contributed by atoms with Crippen LogP contribution < -0.4 is 10.1 Å². The topological polar surface area (TPSA) is 70.3 Å². The van der Waals surface area contributed by atoms with Crippen LogP contribution in [0.1, 0.15) is 42.5 Å². The average molecular weight is 449 g/mol. The second-order valence-electron chi connectivity index (χ2n) is 9.26. The van der Waals surface area contributed by atoms with E-state index in [1.165, 1.54) is 11.1 Å². The van der Waals surface area contributed by atoms with E-state index in [9.17, 15) is 5.26 Å². The predicted molar refractivity (Wildman–Crippen MR) is 135 cm³/mol. The highest BCUT2D eigenvalue weighted by atomic mass is 16.5. The van der Waals surface area contributed by atoms with Gasteiger partial charge >= 0.3 is 0 Å². The van der Waals surface area contributed by atoms with Gasteiger partial charge in [-0.25, -0.2) is 0 Å². The fraction of sp³-hybridized carbons (Fsp3) is 0.276. The van der Waals surface area contributed by atoms with Gasteiger partial charge in [-0.15, -0.1) is 0 Å². The van der Waals surface area contributed by atoms with Crippen LogP contribution in [0.2, 0.25) is 0 Å². The number of benzene rings is 2. The molecule has 0 bridgehead atoms. The van der Waals surface area contributed by atoms with Gasteiger partial charge < -0.3 is 10.1 Å². The first kappa shape index (κ1) is 22.1. The largest absolute Gasteiger partial charge is 0.459 e. The highest BCUT2D eigenvalue weighted by Crippen LogP contribution is 2.35. The van der Waals surface area contributed by atoms with E-state index in [0.717, 1.165) is 54.2 Å². The number of fused-ring (bicyclic) bond motifs is 1. The minimum absolute atomic E-state index is 0.0589. The Morgan fingerprint density at radius 2 is 1.97 bits per heavy atom. The van der Waals surface area contributed by atoms with Gasteiger partial charge in [0.2, 0.25) is 0 Å². The maximum absolute atomic E-state index is 9.54. The van der Waals surface area contributed by atoms with Crippen molar-refractivity contribution in [2.75, 3.05) is 6.54 Å². The molecule has 5 heteroatoms. The zero-order valence-corrected chi connectivity index (χ0v) is 19.6. The number of aromatic nitrogens is 1. The summed E-state index contributed by atoms with van der Waals surface area (Å²) in [5.41, 5.74) is 6.86. The van der Waals surface area contributed by atoms with Crippen molar-refractivity contribution in [3.8, 4) is 23.1 Å². The van der Waals surface area contributed by atoms with Gasteiger partial charge in [-0.2, -0.15) is 5.26 Å². The predicted octanol–water partition coefficient (Wildman–Crippen LogP) is 5.45. The summed E-state index contributed by atoms with van der Waals surface area (Å²) >= 11 is 0. The van der Waals surface area contributed by atoms with E-state index in [4.69, 9.17) is 14.7 Å². The fourth-order valence-electron chi connectivity index (χ4n) is 4.50. The molecule has 0 spiro atoms. The Morgan fingerprint density at radius 1 is 1.12 bits per heavy atom. The minimum atomic E-state index is -0.0589. The molecule has 2 aliphatic heterocycles. The third kappa shape index (κ3) is 4.64. The van der Waals surface area contributed by atoms with Crippen LogP contribution >= 0.6 is 0 Å². The number of allylic oxidation sites excluding steroid dienone is 1. The molecular weight excluding hydrogens is 420 g/mol. The van der Waals surface area contributed by atoms with E-state index in [1.807, 2.05) is 48.7 Å². The molecule has 2 aliphatic rings. The van der Waals surface area contributed by atoms with Crippen molar-refractivity contribution in [1.82, 2.24) is 10.3 Å². The van der Waals surface area contributed by atoms with Gasteiger partial charge in [0.1, 0.15) is 17.6 Å². The molecule has 0 saturated heterocycles. The van der Waals surface area contributed by atoms with Crippen molar-refractivity contribution in [2.24, 2.45) is 10.9 Å². The quantitative estimate of drug-likeness (QED) is 0.545. The molecule has 0 amide bonds. The van der Waals surface area contributed by atoms with Gasteiger partial charge in [0.25, 0.3) is 0 Å². The van der Waals surface area contributed by atoms with Crippen molar-refractivity contribution in [3.63, 3.8) is 0 Å². The molecule has 170 valence electrons. The first-order valence-electron chi connectivity index (χ1n) is 11.9. The van der Waals surface area contributed by atoms with Gasteiger partial charge in [-0.1, -0.05) is 44.2 Å². The molecule has 0 unspecified atom stereocenters. The number of nitrogens with zero attached hydrogens (tertiary/aromatic N) is 3. The van der Waals surface area contributed by atoms with Gasteiger partial charge in [0.15, 0.2) is 0 Å². The summed E-state index contributed by atoms with van der Waals surface area (Å²) in [5.74, 6) is 1.92. The Kier molecular flexibility index (Phi) is 6.24.